The number of piperazine rings is 1. The summed E-state index contributed by atoms with van der Waals surface area (Å²) in [6, 6.07) is 19.7. The number of pyridine rings is 1. The number of nitrogens with zero attached hydrogens (tertiary/aromatic N) is 5. The molecule has 1 atom stereocenters. The van der Waals surface area contributed by atoms with E-state index >= 15 is 0 Å². The number of aryl methyl sites for hydroxylation is 2. The predicted octanol–water partition coefficient (Wildman–Crippen LogP) is 8.09. The molecule has 16 heteroatoms. The van der Waals surface area contributed by atoms with Gasteiger partial charge in [0.1, 0.15) is 17.2 Å². The van der Waals surface area contributed by atoms with E-state index in [1.54, 1.807) is 31.2 Å². The first-order valence-corrected chi connectivity index (χ1v) is 18.7. The number of sulfonamides is 1. The highest BCUT2D eigenvalue weighted by atomic mass is 35.5. The van der Waals surface area contributed by atoms with Crippen molar-refractivity contribution >= 4 is 55.7 Å². The smallest absolute Gasteiger partial charge is 0.422 e. The normalized spacial score (nSPS) is 15.5. The minimum absolute atomic E-state index is 0.0114. The van der Waals surface area contributed by atoms with Crippen molar-refractivity contribution in [1.29, 1.82) is 0 Å². The van der Waals surface area contributed by atoms with Gasteiger partial charge in [0.05, 0.1) is 32.3 Å². The molecule has 3 aromatic carbocycles. The number of fused-ring (bicyclic) bond motifs is 1. The van der Waals surface area contributed by atoms with Crippen molar-refractivity contribution in [3.63, 3.8) is 0 Å². The predicted molar refractivity (Wildman–Crippen MR) is 198 cm³/mol. The van der Waals surface area contributed by atoms with Gasteiger partial charge in [-0.3, -0.25) is 14.0 Å². The Kier molecular flexibility index (Phi) is 10.9. The highest BCUT2D eigenvalue weighted by Gasteiger charge is 2.30. The second-order valence-corrected chi connectivity index (χ2v) is 15.7. The number of aromatic nitrogens is 2. The number of halogens is 5. The van der Waals surface area contributed by atoms with Crippen molar-refractivity contribution in [3.05, 3.63) is 106 Å². The highest BCUT2D eigenvalue weighted by molar-refractivity contribution is 7.92. The fourth-order valence-corrected chi connectivity index (χ4v) is 7.84. The quantitative estimate of drug-likeness (QED) is 0.141. The number of rotatable bonds is 10. The van der Waals surface area contributed by atoms with Gasteiger partial charge in [-0.25, -0.2) is 13.4 Å². The number of hydrogen-bond acceptors (Lipinski definition) is 7. The number of carbonyl (C=O) groups is 1. The average Bonchev–Trinajstić information content (AvgIpc) is 3.44. The minimum atomic E-state index is -4.40. The Labute approximate surface area is 315 Å². The van der Waals surface area contributed by atoms with Crippen LogP contribution in [0.5, 0.6) is 17.4 Å². The van der Waals surface area contributed by atoms with Crippen LogP contribution in [0.3, 0.4) is 0 Å². The van der Waals surface area contributed by atoms with E-state index in [2.05, 4.69) is 9.88 Å². The SMILES string of the molecule is Cc1cc(Oc2ccc3cc(C(=O)N4CCN(Cc5ccc(OCC(F)(F)F)cc5)[C@H](C)C4)n(C)c3c2)ncc1N(C)S(=O)(=O)c1ccc(Cl)c(Cl)c1. The molecule has 6 rings (SSSR count). The van der Waals surface area contributed by atoms with Gasteiger partial charge in [0.25, 0.3) is 15.9 Å². The highest BCUT2D eigenvalue weighted by Crippen LogP contribution is 2.33. The van der Waals surface area contributed by atoms with Crippen LogP contribution in [0, 0.1) is 6.92 Å². The summed E-state index contributed by atoms with van der Waals surface area (Å²) in [5, 5.41) is 1.23. The molecule has 0 bridgehead atoms. The summed E-state index contributed by atoms with van der Waals surface area (Å²) >= 11 is 12.0. The van der Waals surface area contributed by atoms with E-state index in [0.29, 0.717) is 48.9 Å². The van der Waals surface area contributed by atoms with Crippen LogP contribution in [0.2, 0.25) is 10.0 Å². The average molecular weight is 791 g/mol. The molecule has 0 N–H and O–H groups in total. The molecule has 0 spiro atoms. The molecule has 1 aliphatic heterocycles. The molecule has 5 aromatic rings. The maximum absolute atomic E-state index is 13.8. The molecule has 1 saturated heterocycles. The molecule has 10 nitrogen and oxygen atoms in total. The van der Waals surface area contributed by atoms with Gasteiger partial charge in [-0.15, -0.1) is 0 Å². The molecule has 3 heterocycles. The number of alkyl halides is 3. The zero-order valence-corrected chi connectivity index (χ0v) is 31.5. The third kappa shape index (κ3) is 8.51. The number of amides is 1. The number of hydrogen-bond donors (Lipinski definition) is 0. The molecule has 0 radical (unpaired) electrons. The summed E-state index contributed by atoms with van der Waals surface area (Å²) in [5.74, 6) is 0.798. The van der Waals surface area contributed by atoms with E-state index in [-0.39, 0.29) is 38.5 Å². The van der Waals surface area contributed by atoms with Crippen LogP contribution in [0.15, 0.2) is 83.9 Å². The van der Waals surface area contributed by atoms with Crippen LogP contribution in [-0.4, -0.2) is 79.2 Å². The summed E-state index contributed by atoms with van der Waals surface area (Å²) in [6.45, 7) is 4.69. The van der Waals surface area contributed by atoms with Crippen molar-refractivity contribution in [2.24, 2.45) is 7.05 Å². The molecule has 2 aromatic heterocycles. The third-order valence-corrected chi connectivity index (χ3v) is 11.7. The standard InChI is InChI=1S/C37H36Cl2F3N5O5S/c1-23-15-35(43-19-34(23)45(4)53(49,50)29-11-12-30(38)31(39)18-29)52-28-10-7-26-16-33(44(3)32(26)17-28)36(48)47-14-13-46(24(2)20-47)21-25-5-8-27(9-6-25)51-22-37(40,41)42/h5-12,15-19,24H,13-14,20-22H2,1-4H3/t24-/m1/s1. The van der Waals surface area contributed by atoms with E-state index < -0.39 is 22.8 Å². The number of benzene rings is 3. The lowest BCUT2D eigenvalue weighted by Gasteiger charge is -2.40. The van der Waals surface area contributed by atoms with E-state index in [1.165, 1.54) is 43.6 Å². The van der Waals surface area contributed by atoms with Gasteiger partial charge in [0.15, 0.2) is 6.61 Å². The van der Waals surface area contributed by atoms with Crippen LogP contribution in [-0.2, 0) is 23.6 Å². The molecule has 0 aliphatic carbocycles. The molecular weight excluding hydrogens is 754 g/mol. The lowest BCUT2D eigenvalue weighted by molar-refractivity contribution is -0.153. The Morgan fingerprint density at radius 1 is 0.981 bits per heavy atom. The molecule has 1 aliphatic rings. The van der Waals surface area contributed by atoms with Crippen LogP contribution < -0.4 is 13.8 Å². The first kappa shape index (κ1) is 38.2. The van der Waals surface area contributed by atoms with Crippen molar-refractivity contribution in [3.8, 4) is 17.4 Å². The lowest BCUT2D eigenvalue weighted by Crippen LogP contribution is -2.53. The maximum Gasteiger partial charge on any atom is 0.422 e. The van der Waals surface area contributed by atoms with Gasteiger partial charge in [-0.2, -0.15) is 13.2 Å². The van der Waals surface area contributed by atoms with Gasteiger partial charge in [-0.05, 0) is 73.5 Å². The van der Waals surface area contributed by atoms with E-state index in [0.717, 1.165) is 20.8 Å². The molecule has 1 amide bonds. The van der Waals surface area contributed by atoms with Gasteiger partial charge < -0.3 is 18.9 Å². The summed E-state index contributed by atoms with van der Waals surface area (Å²) < 4.78 is 77.8. The van der Waals surface area contributed by atoms with Crippen molar-refractivity contribution in [2.75, 3.05) is 37.6 Å². The minimum Gasteiger partial charge on any atom is -0.484 e. The van der Waals surface area contributed by atoms with Gasteiger partial charge in [0, 0.05) is 63.8 Å². The monoisotopic (exact) mass is 789 g/mol. The molecule has 53 heavy (non-hydrogen) atoms. The van der Waals surface area contributed by atoms with Crippen LogP contribution in [0.4, 0.5) is 18.9 Å². The topological polar surface area (TPSA) is 97.2 Å². The van der Waals surface area contributed by atoms with Gasteiger partial charge in [-0.1, -0.05) is 35.3 Å². The maximum atomic E-state index is 13.8. The zero-order valence-electron chi connectivity index (χ0n) is 29.2. The van der Waals surface area contributed by atoms with Gasteiger partial charge >= 0.3 is 6.18 Å². The first-order chi connectivity index (χ1) is 25.0. The lowest BCUT2D eigenvalue weighted by atomic mass is 10.1. The summed E-state index contributed by atoms with van der Waals surface area (Å²) in [4.78, 5) is 22.2. The van der Waals surface area contributed by atoms with Crippen LogP contribution in [0.25, 0.3) is 10.9 Å². The fourth-order valence-electron chi connectivity index (χ4n) is 6.20. The third-order valence-electron chi connectivity index (χ3n) is 9.17. The van der Waals surface area contributed by atoms with Crippen LogP contribution >= 0.6 is 23.2 Å². The first-order valence-electron chi connectivity index (χ1n) is 16.5. The second-order valence-electron chi connectivity index (χ2n) is 12.9. The van der Waals surface area contributed by atoms with Crippen molar-refractivity contribution in [2.45, 2.75) is 37.5 Å². The molecule has 280 valence electrons. The van der Waals surface area contributed by atoms with E-state index in [1.807, 2.05) is 41.6 Å². The van der Waals surface area contributed by atoms with E-state index in [9.17, 15) is 26.4 Å². The second kappa shape index (κ2) is 15.1. The molecule has 0 saturated carbocycles. The summed E-state index contributed by atoms with van der Waals surface area (Å²) in [7, 11) is -0.701. The Morgan fingerprint density at radius 3 is 2.36 bits per heavy atom. The molecule has 1 fully saturated rings. The van der Waals surface area contributed by atoms with Gasteiger partial charge in [0.2, 0.25) is 5.88 Å². The fraction of sp³-hybridized carbons (Fsp3) is 0.297. The summed E-state index contributed by atoms with van der Waals surface area (Å²) in [5.41, 5.74) is 3.20. The Bertz CT molecular complexity index is 2270. The van der Waals surface area contributed by atoms with E-state index in [4.69, 9.17) is 32.7 Å². The molecule has 0 unspecified atom stereocenters. The molecular formula is C37H36Cl2F3N5O5S. The Morgan fingerprint density at radius 2 is 1.70 bits per heavy atom. The van der Waals surface area contributed by atoms with Crippen molar-refractivity contribution in [1.82, 2.24) is 19.4 Å². The largest absolute Gasteiger partial charge is 0.484 e. The Balaban J connectivity index is 1.10. The number of carbonyl (C=O) groups excluding carboxylic acids is 1. The summed E-state index contributed by atoms with van der Waals surface area (Å²) in [6.07, 6.45) is -2.97. The number of anilines is 1. The Hall–Kier alpha value is -4.50. The zero-order chi connectivity index (χ0) is 38.2. The van der Waals surface area contributed by atoms with Crippen molar-refractivity contribution < 1.29 is 35.9 Å². The van der Waals surface area contributed by atoms with Crippen LogP contribution in [0.1, 0.15) is 28.5 Å². The number of ether oxygens (including phenoxy) is 2.